The van der Waals surface area contributed by atoms with Gasteiger partial charge in [-0.1, -0.05) is 11.8 Å². The smallest absolute Gasteiger partial charge is 0.371 e. The first-order valence-electron chi connectivity index (χ1n) is 5.84. The normalized spacial score (nSPS) is 9.86. The Kier molecular flexibility index (Phi) is 4.64. The van der Waals surface area contributed by atoms with Crippen molar-refractivity contribution >= 4 is 29.3 Å². The molecule has 7 heteroatoms. The molecule has 0 radical (unpaired) electrons. The quantitative estimate of drug-likeness (QED) is 0.823. The standard InChI is InChI=1S/C14H10N2O4S/c15-7-9-1-3-10(4-2-9)16-12(17)8-21-13-6-5-11(20-13)14(18)19/h1-6H,8H2,(H,16,17)(H,18,19). The summed E-state index contributed by atoms with van der Waals surface area (Å²) in [5.41, 5.74) is 1.10. The van der Waals surface area contributed by atoms with Gasteiger partial charge in [-0.05, 0) is 36.4 Å². The number of nitriles is 1. The number of carbonyl (C=O) groups is 2. The van der Waals surface area contributed by atoms with Crippen molar-refractivity contribution in [3.05, 3.63) is 47.7 Å². The molecule has 0 unspecified atom stereocenters. The van der Waals surface area contributed by atoms with Gasteiger partial charge in [0.15, 0.2) is 5.09 Å². The van der Waals surface area contributed by atoms with Crippen LogP contribution in [0.2, 0.25) is 0 Å². The topological polar surface area (TPSA) is 103 Å². The van der Waals surface area contributed by atoms with Crippen LogP contribution in [0.15, 0.2) is 45.9 Å². The average Bonchev–Trinajstić information content (AvgIpc) is 2.95. The van der Waals surface area contributed by atoms with E-state index in [1.54, 1.807) is 24.3 Å². The molecule has 1 aromatic heterocycles. The van der Waals surface area contributed by atoms with E-state index in [4.69, 9.17) is 14.8 Å². The van der Waals surface area contributed by atoms with E-state index in [1.165, 1.54) is 12.1 Å². The minimum atomic E-state index is -1.15. The van der Waals surface area contributed by atoms with Crippen LogP contribution in [0.1, 0.15) is 16.1 Å². The molecule has 6 nitrogen and oxygen atoms in total. The molecule has 1 aromatic carbocycles. The molecular formula is C14H10N2O4S. The first kappa shape index (κ1) is 14.7. The summed E-state index contributed by atoms with van der Waals surface area (Å²) in [7, 11) is 0. The minimum Gasteiger partial charge on any atom is -0.475 e. The second-order valence-corrected chi connectivity index (χ2v) is 4.93. The van der Waals surface area contributed by atoms with Crippen LogP contribution >= 0.6 is 11.8 Å². The van der Waals surface area contributed by atoms with E-state index >= 15 is 0 Å². The number of nitrogens with one attached hydrogen (secondary N) is 1. The lowest BCUT2D eigenvalue weighted by Crippen LogP contribution is -2.13. The zero-order valence-corrected chi connectivity index (χ0v) is 11.5. The van der Waals surface area contributed by atoms with Crippen LogP contribution in [0.4, 0.5) is 5.69 Å². The van der Waals surface area contributed by atoms with Crippen LogP contribution < -0.4 is 5.32 Å². The molecule has 0 aliphatic heterocycles. The Bertz CT molecular complexity index is 701. The summed E-state index contributed by atoms with van der Waals surface area (Å²) in [6.07, 6.45) is 0. The average molecular weight is 302 g/mol. The second kappa shape index (κ2) is 6.63. The highest BCUT2D eigenvalue weighted by Crippen LogP contribution is 2.21. The lowest BCUT2D eigenvalue weighted by atomic mass is 10.2. The fourth-order valence-corrected chi connectivity index (χ4v) is 2.13. The lowest BCUT2D eigenvalue weighted by Gasteiger charge is -2.04. The van der Waals surface area contributed by atoms with E-state index in [1.807, 2.05) is 6.07 Å². The number of carbonyl (C=O) groups excluding carboxylic acids is 1. The Balaban J connectivity index is 1.86. The number of amides is 1. The molecule has 0 spiro atoms. The van der Waals surface area contributed by atoms with Gasteiger partial charge >= 0.3 is 5.97 Å². The molecule has 2 rings (SSSR count). The van der Waals surface area contributed by atoms with Crippen molar-refractivity contribution in [2.45, 2.75) is 5.09 Å². The first-order chi connectivity index (χ1) is 10.1. The van der Waals surface area contributed by atoms with E-state index < -0.39 is 5.97 Å². The Morgan fingerprint density at radius 3 is 2.52 bits per heavy atom. The molecule has 2 N–H and O–H groups in total. The van der Waals surface area contributed by atoms with Crippen LogP contribution in [-0.2, 0) is 4.79 Å². The number of thioether (sulfide) groups is 1. The van der Waals surface area contributed by atoms with Gasteiger partial charge in [0.25, 0.3) is 0 Å². The van der Waals surface area contributed by atoms with E-state index in [9.17, 15) is 9.59 Å². The van der Waals surface area contributed by atoms with Gasteiger partial charge in [0.05, 0.1) is 17.4 Å². The number of carboxylic acid groups (broad SMARTS) is 1. The Morgan fingerprint density at radius 2 is 1.95 bits per heavy atom. The van der Waals surface area contributed by atoms with Crippen LogP contribution in [-0.4, -0.2) is 22.7 Å². The predicted octanol–water partition coefficient (Wildman–Crippen LogP) is 2.58. The Morgan fingerprint density at radius 1 is 1.24 bits per heavy atom. The molecule has 0 aliphatic rings. The summed E-state index contributed by atoms with van der Waals surface area (Å²) >= 11 is 1.10. The van der Waals surface area contributed by atoms with Crippen molar-refractivity contribution in [3.8, 4) is 6.07 Å². The highest BCUT2D eigenvalue weighted by atomic mass is 32.2. The van der Waals surface area contributed by atoms with E-state index in [2.05, 4.69) is 5.32 Å². The number of aromatic carboxylic acids is 1. The van der Waals surface area contributed by atoms with Crippen molar-refractivity contribution in [2.75, 3.05) is 11.1 Å². The van der Waals surface area contributed by atoms with Crippen LogP contribution in [0.5, 0.6) is 0 Å². The van der Waals surface area contributed by atoms with Gasteiger partial charge in [-0.25, -0.2) is 4.79 Å². The van der Waals surface area contributed by atoms with Gasteiger partial charge in [-0.2, -0.15) is 5.26 Å². The molecule has 21 heavy (non-hydrogen) atoms. The molecule has 0 fully saturated rings. The van der Waals surface area contributed by atoms with Crippen LogP contribution in [0, 0.1) is 11.3 Å². The number of furan rings is 1. The first-order valence-corrected chi connectivity index (χ1v) is 6.83. The third kappa shape index (κ3) is 4.12. The second-order valence-electron chi connectivity index (χ2n) is 3.95. The van der Waals surface area contributed by atoms with Gasteiger partial charge < -0.3 is 14.8 Å². The van der Waals surface area contributed by atoms with E-state index in [0.717, 1.165) is 11.8 Å². The summed E-state index contributed by atoms with van der Waals surface area (Å²) in [5.74, 6) is -1.47. The van der Waals surface area contributed by atoms with Crippen LogP contribution in [0.3, 0.4) is 0 Å². The molecule has 0 bridgehead atoms. The predicted molar refractivity (Wildman–Crippen MR) is 76.2 cm³/mol. The van der Waals surface area contributed by atoms with Gasteiger partial charge in [-0.3, -0.25) is 4.79 Å². The molecule has 0 saturated carbocycles. The largest absolute Gasteiger partial charge is 0.475 e. The zero-order chi connectivity index (χ0) is 15.2. The third-order valence-electron chi connectivity index (χ3n) is 2.44. The summed E-state index contributed by atoms with van der Waals surface area (Å²) < 4.78 is 5.02. The number of benzene rings is 1. The molecule has 1 heterocycles. The lowest BCUT2D eigenvalue weighted by molar-refractivity contribution is -0.113. The summed E-state index contributed by atoms with van der Waals surface area (Å²) in [5, 5.41) is 20.4. The number of hydrogen-bond donors (Lipinski definition) is 2. The maximum Gasteiger partial charge on any atom is 0.371 e. The van der Waals surface area contributed by atoms with Crippen LogP contribution in [0.25, 0.3) is 0 Å². The van der Waals surface area contributed by atoms with Gasteiger partial charge in [-0.15, -0.1) is 0 Å². The van der Waals surface area contributed by atoms with Crippen molar-refractivity contribution < 1.29 is 19.1 Å². The monoisotopic (exact) mass is 302 g/mol. The van der Waals surface area contributed by atoms with E-state index in [-0.39, 0.29) is 17.4 Å². The molecular weight excluding hydrogens is 292 g/mol. The number of rotatable bonds is 5. The summed E-state index contributed by atoms with van der Waals surface area (Å²) in [4.78, 5) is 22.4. The highest BCUT2D eigenvalue weighted by Gasteiger charge is 2.11. The Labute approximate surface area is 124 Å². The number of nitrogens with zero attached hydrogens (tertiary/aromatic N) is 1. The third-order valence-corrected chi connectivity index (χ3v) is 3.35. The fourth-order valence-electron chi connectivity index (χ4n) is 1.47. The molecule has 0 aliphatic carbocycles. The van der Waals surface area contributed by atoms with Crippen molar-refractivity contribution in [1.29, 1.82) is 5.26 Å². The zero-order valence-electron chi connectivity index (χ0n) is 10.7. The van der Waals surface area contributed by atoms with Crippen molar-refractivity contribution in [1.82, 2.24) is 0 Å². The van der Waals surface area contributed by atoms with E-state index in [0.29, 0.717) is 16.3 Å². The molecule has 1 amide bonds. The summed E-state index contributed by atoms with van der Waals surface area (Å²) in [6.45, 7) is 0. The number of anilines is 1. The van der Waals surface area contributed by atoms with Crippen molar-refractivity contribution in [3.63, 3.8) is 0 Å². The number of carboxylic acids is 1. The maximum atomic E-state index is 11.7. The minimum absolute atomic E-state index is 0.0899. The molecule has 2 aromatic rings. The van der Waals surface area contributed by atoms with Crippen molar-refractivity contribution in [2.24, 2.45) is 0 Å². The molecule has 0 saturated heterocycles. The molecule has 0 atom stereocenters. The maximum absolute atomic E-state index is 11.7. The van der Waals surface area contributed by atoms with Gasteiger partial charge in [0, 0.05) is 5.69 Å². The Hall–Kier alpha value is -2.72. The SMILES string of the molecule is N#Cc1ccc(NC(=O)CSc2ccc(C(=O)O)o2)cc1. The summed E-state index contributed by atoms with van der Waals surface area (Å²) in [6, 6.07) is 11.3. The fraction of sp³-hybridized carbons (Fsp3) is 0.0714. The highest BCUT2D eigenvalue weighted by molar-refractivity contribution is 7.99. The molecule has 106 valence electrons. The number of hydrogen-bond acceptors (Lipinski definition) is 5. The van der Waals surface area contributed by atoms with Gasteiger partial charge in [0.2, 0.25) is 11.7 Å². The van der Waals surface area contributed by atoms with Gasteiger partial charge in [0.1, 0.15) is 0 Å².